The number of nitrogens with two attached hydrogens (primary N) is 2. The summed E-state index contributed by atoms with van der Waals surface area (Å²) in [5.41, 5.74) is 10.7. The van der Waals surface area contributed by atoms with Gasteiger partial charge in [0, 0.05) is 19.0 Å². The zero-order valence-electron chi connectivity index (χ0n) is 10.5. The van der Waals surface area contributed by atoms with Crippen LogP contribution in [0.5, 0.6) is 0 Å². The monoisotopic (exact) mass is 256 g/mol. The van der Waals surface area contributed by atoms with Gasteiger partial charge in [-0.3, -0.25) is 9.59 Å². The minimum atomic E-state index is -0.597. The lowest BCUT2D eigenvalue weighted by Crippen LogP contribution is -2.46. The predicted molar refractivity (Wildman–Crippen MR) is 65.7 cm³/mol. The van der Waals surface area contributed by atoms with Crippen LogP contribution in [0.2, 0.25) is 0 Å². The molecule has 0 radical (unpaired) electrons. The summed E-state index contributed by atoms with van der Waals surface area (Å²) in [5.74, 6) is -1.29. The van der Waals surface area contributed by atoms with Crippen molar-refractivity contribution >= 4 is 17.6 Å². The van der Waals surface area contributed by atoms with Crippen LogP contribution in [-0.2, 0) is 9.59 Å². The molecule has 1 unspecified atom stereocenters. The molecular weight excluding hydrogens is 236 g/mol. The number of carbonyl (C=O) groups excluding carboxylic acids is 2. The topological polar surface area (TPSA) is 122 Å². The second-order valence-corrected chi connectivity index (χ2v) is 4.49. The average molecular weight is 256 g/mol. The summed E-state index contributed by atoms with van der Waals surface area (Å²) in [6.45, 7) is 2.78. The molecule has 1 rings (SSSR count). The summed E-state index contributed by atoms with van der Waals surface area (Å²) in [7, 11) is 0. The van der Waals surface area contributed by atoms with Crippen LogP contribution < -0.4 is 11.5 Å². The molecule has 102 valence electrons. The number of piperidine rings is 1. The van der Waals surface area contributed by atoms with Crippen molar-refractivity contribution in [2.45, 2.75) is 26.2 Å². The van der Waals surface area contributed by atoms with Gasteiger partial charge in [0.1, 0.15) is 0 Å². The Morgan fingerprint density at radius 2 is 1.94 bits per heavy atom. The van der Waals surface area contributed by atoms with Gasteiger partial charge in [0.2, 0.25) is 11.8 Å². The first kappa shape index (κ1) is 14.3. The van der Waals surface area contributed by atoms with Crippen molar-refractivity contribution < 1.29 is 14.8 Å². The summed E-state index contributed by atoms with van der Waals surface area (Å²) in [5, 5.41) is 11.5. The normalized spacial score (nSPS) is 19.6. The molecule has 5 N–H and O–H groups in total. The van der Waals surface area contributed by atoms with E-state index in [-0.39, 0.29) is 23.6 Å². The zero-order valence-corrected chi connectivity index (χ0v) is 10.5. The molecule has 0 aromatic heterocycles. The highest BCUT2D eigenvalue weighted by Gasteiger charge is 2.31. The quantitative estimate of drug-likeness (QED) is 0.271. The van der Waals surface area contributed by atoms with Gasteiger partial charge in [0.25, 0.3) is 0 Å². The number of likely N-dealkylation sites (tertiary alicyclic amines) is 1. The zero-order chi connectivity index (χ0) is 13.7. The fourth-order valence-electron chi connectivity index (χ4n) is 2.18. The van der Waals surface area contributed by atoms with Crippen LogP contribution in [0.4, 0.5) is 0 Å². The highest BCUT2D eigenvalue weighted by molar-refractivity contribution is 6.02. The van der Waals surface area contributed by atoms with Crippen LogP contribution in [0.15, 0.2) is 5.16 Å². The van der Waals surface area contributed by atoms with Gasteiger partial charge >= 0.3 is 0 Å². The van der Waals surface area contributed by atoms with E-state index in [1.807, 2.05) is 0 Å². The standard InChI is InChI=1S/C11H20N4O3/c1-2-8(9(12)14-18)11(17)15-5-3-7(4-6-15)10(13)16/h7-8,18H,2-6H2,1H3,(H2,12,14)(H2,13,16). The lowest BCUT2D eigenvalue weighted by molar-refractivity contribution is -0.136. The number of carbonyl (C=O) groups is 2. The van der Waals surface area contributed by atoms with E-state index in [4.69, 9.17) is 16.7 Å². The molecule has 1 aliphatic rings. The Labute approximate surface area is 106 Å². The Balaban J connectivity index is 2.61. The van der Waals surface area contributed by atoms with E-state index in [1.54, 1.807) is 11.8 Å². The number of hydrogen-bond donors (Lipinski definition) is 3. The van der Waals surface area contributed by atoms with Gasteiger partial charge in [-0.1, -0.05) is 12.1 Å². The molecule has 1 heterocycles. The molecule has 18 heavy (non-hydrogen) atoms. The van der Waals surface area contributed by atoms with Crippen molar-refractivity contribution in [1.82, 2.24) is 4.90 Å². The summed E-state index contributed by atoms with van der Waals surface area (Å²) < 4.78 is 0. The van der Waals surface area contributed by atoms with Crippen molar-refractivity contribution in [2.75, 3.05) is 13.1 Å². The number of oxime groups is 1. The van der Waals surface area contributed by atoms with Gasteiger partial charge in [-0.2, -0.15) is 0 Å². The molecule has 1 aliphatic heterocycles. The van der Waals surface area contributed by atoms with Crippen LogP contribution in [0.1, 0.15) is 26.2 Å². The van der Waals surface area contributed by atoms with Crippen molar-refractivity contribution in [2.24, 2.45) is 28.5 Å². The van der Waals surface area contributed by atoms with Crippen molar-refractivity contribution in [3.05, 3.63) is 0 Å². The maximum absolute atomic E-state index is 12.1. The second kappa shape index (κ2) is 6.23. The summed E-state index contributed by atoms with van der Waals surface area (Å²) in [6, 6.07) is 0. The minimum Gasteiger partial charge on any atom is -0.409 e. The minimum absolute atomic E-state index is 0.0699. The van der Waals surface area contributed by atoms with E-state index >= 15 is 0 Å². The maximum atomic E-state index is 12.1. The summed E-state index contributed by atoms with van der Waals surface area (Å²) in [6.07, 6.45) is 1.63. The Bertz CT molecular complexity index is 348. The number of hydrogen-bond acceptors (Lipinski definition) is 4. The molecule has 7 heteroatoms. The van der Waals surface area contributed by atoms with Gasteiger partial charge in [-0.05, 0) is 19.3 Å². The van der Waals surface area contributed by atoms with Crippen molar-refractivity contribution in [1.29, 1.82) is 0 Å². The first-order chi connectivity index (χ1) is 8.51. The number of nitrogens with zero attached hydrogens (tertiary/aromatic N) is 2. The molecule has 0 aromatic carbocycles. The molecule has 0 spiro atoms. The highest BCUT2D eigenvalue weighted by atomic mass is 16.4. The van der Waals surface area contributed by atoms with Gasteiger partial charge < -0.3 is 21.6 Å². The van der Waals surface area contributed by atoms with E-state index in [1.165, 1.54) is 0 Å². The third kappa shape index (κ3) is 3.12. The lowest BCUT2D eigenvalue weighted by atomic mass is 9.94. The average Bonchev–Trinajstić information content (AvgIpc) is 2.39. The molecule has 1 atom stereocenters. The van der Waals surface area contributed by atoms with E-state index < -0.39 is 5.92 Å². The Hall–Kier alpha value is -1.79. The van der Waals surface area contributed by atoms with E-state index in [0.29, 0.717) is 32.4 Å². The summed E-state index contributed by atoms with van der Waals surface area (Å²) in [4.78, 5) is 24.8. The molecule has 0 saturated carbocycles. The van der Waals surface area contributed by atoms with Crippen LogP contribution in [0.3, 0.4) is 0 Å². The molecule has 1 fully saturated rings. The molecular formula is C11H20N4O3. The first-order valence-corrected chi connectivity index (χ1v) is 6.06. The Kier molecular flexibility index (Phi) is 4.94. The number of primary amides is 1. The largest absolute Gasteiger partial charge is 0.409 e. The summed E-state index contributed by atoms with van der Waals surface area (Å²) >= 11 is 0. The maximum Gasteiger partial charge on any atom is 0.233 e. The van der Waals surface area contributed by atoms with Crippen LogP contribution in [0, 0.1) is 11.8 Å². The molecule has 0 aromatic rings. The second-order valence-electron chi connectivity index (χ2n) is 4.49. The highest BCUT2D eigenvalue weighted by Crippen LogP contribution is 2.19. The first-order valence-electron chi connectivity index (χ1n) is 6.06. The smallest absolute Gasteiger partial charge is 0.233 e. The van der Waals surface area contributed by atoms with Crippen molar-refractivity contribution in [3.63, 3.8) is 0 Å². The molecule has 0 bridgehead atoms. The SMILES string of the molecule is CCC(C(=O)N1CCC(C(N)=O)CC1)/C(N)=N/O. The van der Waals surface area contributed by atoms with Crippen LogP contribution >= 0.6 is 0 Å². The fraction of sp³-hybridized carbons (Fsp3) is 0.727. The lowest BCUT2D eigenvalue weighted by Gasteiger charge is -2.32. The van der Waals surface area contributed by atoms with Crippen molar-refractivity contribution in [3.8, 4) is 0 Å². The molecule has 2 amide bonds. The number of amides is 2. The van der Waals surface area contributed by atoms with Gasteiger partial charge in [-0.25, -0.2) is 0 Å². The van der Waals surface area contributed by atoms with Crippen LogP contribution in [-0.4, -0.2) is 40.8 Å². The van der Waals surface area contributed by atoms with Gasteiger partial charge in [0.05, 0.1) is 5.92 Å². The fourth-order valence-corrected chi connectivity index (χ4v) is 2.18. The Morgan fingerprint density at radius 3 is 2.33 bits per heavy atom. The van der Waals surface area contributed by atoms with E-state index in [2.05, 4.69) is 5.16 Å². The van der Waals surface area contributed by atoms with Gasteiger partial charge in [0.15, 0.2) is 5.84 Å². The Morgan fingerprint density at radius 1 is 1.39 bits per heavy atom. The third-order valence-corrected chi connectivity index (χ3v) is 3.39. The van der Waals surface area contributed by atoms with E-state index in [0.717, 1.165) is 0 Å². The molecule has 1 saturated heterocycles. The van der Waals surface area contributed by atoms with E-state index in [9.17, 15) is 9.59 Å². The van der Waals surface area contributed by atoms with Gasteiger partial charge in [-0.15, -0.1) is 0 Å². The van der Waals surface area contributed by atoms with Crippen LogP contribution in [0.25, 0.3) is 0 Å². The molecule has 7 nitrogen and oxygen atoms in total. The third-order valence-electron chi connectivity index (χ3n) is 3.39. The predicted octanol–water partition coefficient (Wildman–Crippen LogP) is -0.517. The molecule has 0 aliphatic carbocycles. The number of rotatable bonds is 4. The number of amidine groups is 1.